The SMILES string of the molecule is COc1ccc(OC)c(NC(N)=NCC(C)N2CCN(c3ccccc3)CC2)c1. The smallest absolute Gasteiger partial charge is 0.193 e. The summed E-state index contributed by atoms with van der Waals surface area (Å²) in [5.74, 6) is 1.78. The van der Waals surface area contributed by atoms with Crippen molar-refractivity contribution in [2.45, 2.75) is 13.0 Å². The molecule has 1 unspecified atom stereocenters. The van der Waals surface area contributed by atoms with Gasteiger partial charge in [0.2, 0.25) is 0 Å². The second kappa shape index (κ2) is 10.0. The number of guanidine groups is 1. The van der Waals surface area contributed by atoms with E-state index >= 15 is 0 Å². The van der Waals surface area contributed by atoms with Crippen molar-refractivity contribution in [1.29, 1.82) is 0 Å². The number of ether oxygens (including phenoxy) is 2. The van der Waals surface area contributed by atoms with E-state index < -0.39 is 0 Å². The fourth-order valence-electron chi connectivity index (χ4n) is 3.49. The minimum absolute atomic E-state index is 0.320. The summed E-state index contributed by atoms with van der Waals surface area (Å²) >= 11 is 0. The van der Waals surface area contributed by atoms with Crippen molar-refractivity contribution in [3.05, 3.63) is 48.5 Å². The fraction of sp³-hybridized carbons (Fsp3) is 0.409. The summed E-state index contributed by atoms with van der Waals surface area (Å²) in [7, 11) is 3.25. The lowest BCUT2D eigenvalue weighted by molar-refractivity contribution is 0.201. The van der Waals surface area contributed by atoms with Gasteiger partial charge in [0.05, 0.1) is 26.5 Å². The van der Waals surface area contributed by atoms with Gasteiger partial charge < -0.3 is 25.4 Å². The highest BCUT2D eigenvalue weighted by Crippen LogP contribution is 2.28. The number of para-hydroxylation sites is 1. The van der Waals surface area contributed by atoms with Crippen LogP contribution in [0.2, 0.25) is 0 Å². The number of nitrogens with two attached hydrogens (primary N) is 1. The van der Waals surface area contributed by atoms with E-state index in [9.17, 15) is 0 Å². The fourth-order valence-corrected chi connectivity index (χ4v) is 3.49. The molecule has 0 aliphatic carbocycles. The van der Waals surface area contributed by atoms with Crippen LogP contribution in [0.5, 0.6) is 11.5 Å². The average Bonchev–Trinajstić information content (AvgIpc) is 2.78. The number of anilines is 2. The Morgan fingerprint density at radius 1 is 1.07 bits per heavy atom. The Bertz CT molecular complexity index is 804. The molecule has 1 aliphatic rings. The summed E-state index contributed by atoms with van der Waals surface area (Å²) in [5.41, 5.74) is 8.14. The van der Waals surface area contributed by atoms with Crippen molar-refractivity contribution < 1.29 is 9.47 Å². The molecule has 7 heteroatoms. The van der Waals surface area contributed by atoms with Gasteiger partial charge in [-0.2, -0.15) is 0 Å². The monoisotopic (exact) mass is 397 g/mol. The van der Waals surface area contributed by atoms with E-state index in [1.807, 2.05) is 18.2 Å². The summed E-state index contributed by atoms with van der Waals surface area (Å²) in [6.07, 6.45) is 0. The van der Waals surface area contributed by atoms with E-state index in [-0.39, 0.29) is 0 Å². The van der Waals surface area contributed by atoms with Crippen LogP contribution in [0.1, 0.15) is 6.92 Å². The Morgan fingerprint density at radius 2 is 1.79 bits per heavy atom. The van der Waals surface area contributed by atoms with Gasteiger partial charge in [-0.3, -0.25) is 9.89 Å². The summed E-state index contributed by atoms with van der Waals surface area (Å²) in [4.78, 5) is 9.42. The van der Waals surface area contributed by atoms with Crippen LogP contribution in [0, 0.1) is 0 Å². The van der Waals surface area contributed by atoms with Crippen molar-refractivity contribution >= 4 is 17.3 Å². The standard InChI is InChI=1S/C22H31N5O2/c1-17(26-11-13-27(14-12-26)18-7-5-4-6-8-18)16-24-22(23)25-20-15-19(28-2)9-10-21(20)29-3/h4-10,15,17H,11-14,16H2,1-3H3,(H3,23,24,25). The number of benzene rings is 2. The first-order valence-corrected chi connectivity index (χ1v) is 9.93. The molecule has 0 radical (unpaired) electrons. The first-order valence-electron chi connectivity index (χ1n) is 9.93. The van der Waals surface area contributed by atoms with Crippen molar-refractivity contribution in [2.24, 2.45) is 10.7 Å². The number of methoxy groups -OCH3 is 2. The predicted octanol–water partition coefficient (Wildman–Crippen LogP) is 2.64. The molecule has 0 aromatic heterocycles. The van der Waals surface area contributed by atoms with Gasteiger partial charge >= 0.3 is 0 Å². The third kappa shape index (κ3) is 5.54. The molecule has 7 nitrogen and oxygen atoms in total. The average molecular weight is 398 g/mol. The molecule has 0 spiro atoms. The number of rotatable bonds is 7. The molecule has 1 atom stereocenters. The number of nitrogens with one attached hydrogen (secondary N) is 1. The van der Waals surface area contributed by atoms with Crippen molar-refractivity contribution in [1.82, 2.24) is 4.90 Å². The van der Waals surface area contributed by atoms with Crippen LogP contribution < -0.4 is 25.4 Å². The van der Waals surface area contributed by atoms with Crippen molar-refractivity contribution in [3.8, 4) is 11.5 Å². The molecule has 156 valence electrons. The minimum atomic E-state index is 0.320. The number of nitrogens with zero attached hydrogens (tertiary/aromatic N) is 3. The zero-order valence-corrected chi connectivity index (χ0v) is 17.5. The number of hydrogen-bond donors (Lipinski definition) is 2. The number of hydrogen-bond acceptors (Lipinski definition) is 5. The lowest BCUT2D eigenvalue weighted by Gasteiger charge is -2.38. The van der Waals surface area contributed by atoms with Gasteiger partial charge in [0.1, 0.15) is 11.5 Å². The summed E-state index contributed by atoms with van der Waals surface area (Å²) in [5, 5.41) is 3.12. The van der Waals surface area contributed by atoms with E-state index in [1.165, 1.54) is 5.69 Å². The van der Waals surface area contributed by atoms with E-state index in [0.29, 0.717) is 24.3 Å². The van der Waals surface area contributed by atoms with Gasteiger partial charge in [0.15, 0.2) is 5.96 Å². The van der Waals surface area contributed by atoms with Crippen LogP contribution >= 0.6 is 0 Å². The largest absolute Gasteiger partial charge is 0.497 e. The normalized spacial score (nSPS) is 16.4. The maximum atomic E-state index is 6.11. The Balaban J connectivity index is 1.52. The van der Waals surface area contributed by atoms with E-state index in [4.69, 9.17) is 15.2 Å². The topological polar surface area (TPSA) is 75.3 Å². The minimum Gasteiger partial charge on any atom is -0.497 e. The zero-order valence-electron chi connectivity index (χ0n) is 17.5. The van der Waals surface area contributed by atoms with Gasteiger partial charge in [0, 0.05) is 44.0 Å². The molecular formula is C22H31N5O2. The molecule has 1 heterocycles. The van der Waals surface area contributed by atoms with Crippen molar-refractivity contribution in [2.75, 3.05) is 57.2 Å². The molecule has 1 fully saturated rings. The first kappa shape index (κ1) is 20.8. The third-order valence-electron chi connectivity index (χ3n) is 5.25. The molecule has 0 amide bonds. The summed E-state index contributed by atoms with van der Waals surface area (Å²) < 4.78 is 10.6. The highest BCUT2D eigenvalue weighted by Gasteiger charge is 2.21. The lowest BCUT2D eigenvalue weighted by atomic mass is 10.2. The van der Waals surface area contributed by atoms with Crippen molar-refractivity contribution in [3.63, 3.8) is 0 Å². The molecule has 0 bridgehead atoms. The molecule has 1 saturated heterocycles. The van der Waals surface area contributed by atoms with E-state index in [0.717, 1.165) is 37.6 Å². The molecule has 29 heavy (non-hydrogen) atoms. The van der Waals surface area contributed by atoms with Crippen LogP contribution in [-0.4, -0.2) is 63.8 Å². The highest BCUT2D eigenvalue weighted by atomic mass is 16.5. The lowest BCUT2D eigenvalue weighted by Crippen LogP contribution is -2.50. The summed E-state index contributed by atoms with van der Waals surface area (Å²) in [6.45, 7) is 6.91. The van der Waals surface area contributed by atoms with Crippen LogP contribution in [0.25, 0.3) is 0 Å². The number of piperazine rings is 1. The quantitative estimate of drug-likeness (QED) is 0.553. The maximum absolute atomic E-state index is 6.11. The number of aliphatic imine (C=N–C) groups is 1. The van der Waals surface area contributed by atoms with Gasteiger partial charge in [-0.05, 0) is 31.2 Å². The van der Waals surface area contributed by atoms with Gasteiger partial charge in [-0.1, -0.05) is 18.2 Å². The third-order valence-corrected chi connectivity index (χ3v) is 5.25. The Hall–Kier alpha value is -2.93. The highest BCUT2D eigenvalue weighted by molar-refractivity contribution is 5.94. The molecule has 1 aliphatic heterocycles. The van der Waals surface area contributed by atoms with Crippen LogP contribution in [0.15, 0.2) is 53.5 Å². The van der Waals surface area contributed by atoms with Crippen LogP contribution in [-0.2, 0) is 0 Å². The Labute approximate surface area is 173 Å². The maximum Gasteiger partial charge on any atom is 0.193 e. The molecule has 2 aromatic rings. The molecule has 3 N–H and O–H groups in total. The van der Waals surface area contributed by atoms with Gasteiger partial charge in [0.25, 0.3) is 0 Å². The second-order valence-electron chi connectivity index (χ2n) is 7.12. The van der Waals surface area contributed by atoms with E-state index in [1.54, 1.807) is 14.2 Å². The zero-order chi connectivity index (χ0) is 20.6. The molecule has 3 rings (SSSR count). The van der Waals surface area contributed by atoms with Gasteiger partial charge in [-0.15, -0.1) is 0 Å². The van der Waals surface area contributed by atoms with Crippen LogP contribution in [0.4, 0.5) is 11.4 Å². The van der Waals surface area contributed by atoms with E-state index in [2.05, 4.69) is 57.4 Å². The molecular weight excluding hydrogens is 366 g/mol. The Morgan fingerprint density at radius 3 is 2.45 bits per heavy atom. The molecule has 2 aromatic carbocycles. The predicted molar refractivity (Wildman–Crippen MR) is 119 cm³/mol. The summed E-state index contributed by atoms with van der Waals surface area (Å²) in [6, 6.07) is 16.4. The molecule has 0 saturated carbocycles. The first-order chi connectivity index (χ1) is 14.1. The second-order valence-corrected chi connectivity index (χ2v) is 7.12. The van der Waals surface area contributed by atoms with Gasteiger partial charge in [-0.25, -0.2) is 0 Å². The Kier molecular flexibility index (Phi) is 7.19. The van der Waals surface area contributed by atoms with Crippen LogP contribution in [0.3, 0.4) is 0 Å².